The lowest BCUT2D eigenvalue weighted by atomic mass is 9.86. The first-order valence-electron chi connectivity index (χ1n) is 10.8. The Bertz CT molecular complexity index is 1030. The molecule has 6 heteroatoms. The third kappa shape index (κ3) is 6.68. The van der Waals surface area contributed by atoms with Crippen molar-refractivity contribution < 1.29 is 9.53 Å². The van der Waals surface area contributed by atoms with Crippen LogP contribution in [0, 0.1) is 4.91 Å². The van der Waals surface area contributed by atoms with Crippen LogP contribution in [0.15, 0.2) is 96.2 Å². The third-order valence-corrected chi connectivity index (χ3v) is 4.80. The van der Waals surface area contributed by atoms with Crippen molar-refractivity contribution >= 4 is 17.1 Å². The molecule has 0 saturated carbocycles. The summed E-state index contributed by atoms with van der Waals surface area (Å²) in [4.78, 5) is 24.2. The van der Waals surface area contributed by atoms with E-state index in [0.29, 0.717) is 0 Å². The molecule has 0 heterocycles. The molecule has 0 unspecified atom stereocenters. The number of carbonyl (C=O) groups excluding carboxylic acids is 1. The smallest absolute Gasteiger partial charge is 0.329 e. The zero-order valence-electron chi connectivity index (χ0n) is 19.1. The maximum absolute atomic E-state index is 13.5. The van der Waals surface area contributed by atoms with Gasteiger partial charge < -0.3 is 4.74 Å². The van der Waals surface area contributed by atoms with Crippen molar-refractivity contribution in [2.24, 2.45) is 5.18 Å². The number of hydrogen-bond donors (Lipinski definition) is 2. The Kier molecular flexibility index (Phi) is 8.24. The van der Waals surface area contributed by atoms with Crippen LogP contribution in [0.2, 0.25) is 0 Å². The molecule has 0 bridgehead atoms. The van der Waals surface area contributed by atoms with Crippen molar-refractivity contribution in [3.63, 3.8) is 0 Å². The SMILES string of the molecule is CC(C)(C)OC(=O)[C@@H](NNCN=O)C(=C(c1ccccc1)c1ccccc1)c1ccccc1. The first-order chi connectivity index (χ1) is 15.9. The molecule has 3 aromatic rings. The summed E-state index contributed by atoms with van der Waals surface area (Å²) in [6.07, 6.45) is 0. The number of nitrogens with one attached hydrogen (secondary N) is 2. The second-order valence-electron chi connectivity index (χ2n) is 8.46. The topological polar surface area (TPSA) is 79.8 Å². The molecule has 33 heavy (non-hydrogen) atoms. The van der Waals surface area contributed by atoms with Crippen LogP contribution in [0.25, 0.3) is 11.1 Å². The molecular weight excluding hydrogens is 414 g/mol. The summed E-state index contributed by atoms with van der Waals surface area (Å²) < 4.78 is 5.77. The predicted molar refractivity (Wildman–Crippen MR) is 132 cm³/mol. The summed E-state index contributed by atoms with van der Waals surface area (Å²) in [5, 5.41) is 2.84. The maximum atomic E-state index is 13.5. The lowest BCUT2D eigenvalue weighted by molar-refractivity contribution is -0.156. The highest BCUT2D eigenvalue weighted by Crippen LogP contribution is 2.35. The van der Waals surface area contributed by atoms with Gasteiger partial charge in [0, 0.05) is 0 Å². The molecule has 1 atom stereocenters. The minimum absolute atomic E-state index is 0.201. The molecule has 0 aliphatic rings. The van der Waals surface area contributed by atoms with E-state index in [9.17, 15) is 9.70 Å². The fourth-order valence-corrected chi connectivity index (χ4v) is 3.55. The standard InChI is InChI=1S/C27H29N3O3/c1-27(2,3)33-26(31)25(30-28-19-29-32)24(22-17-11-6-12-18-22)23(20-13-7-4-8-14-20)21-15-9-5-10-16-21/h4-18,25,28,30H,19H2,1-3H3/t25-/m0/s1. The summed E-state index contributed by atoms with van der Waals surface area (Å²) in [5.74, 6) is -0.468. The van der Waals surface area contributed by atoms with Gasteiger partial charge in [-0.05, 0) is 48.6 Å². The highest BCUT2D eigenvalue weighted by Gasteiger charge is 2.32. The van der Waals surface area contributed by atoms with E-state index < -0.39 is 17.6 Å². The number of nitroso groups, excluding NO2 is 1. The maximum Gasteiger partial charge on any atom is 0.329 e. The second kappa shape index (κ2) is 11.3. The van der Waals surface area contributed by atoms with Gasteiger partial charge in [-0.1, -0.05) is 96.2 Å². The van der Waals surface area contributed by atoms with Crippen molar-refractivity contribution in [1.82, 2.24) is 10.9 Å². The van der Waals surface area contributed by atoms with Gasteiger partial charge in [0.1, 0.15) is 18.3 Å². The molecule has 0 fully saturated rings. The van der Waals surface area contributed by atoms with Crippen LogP contribution in [0.4, 0.5) is 0 Å². The molecule has 0 aromatic heterocycles. The molecule has 6 nitrogen and oxygen atoms in total. The third-order valence-electron chi connectivity index (χ3n) is 4.80. The molecule has 3 rings (SSSR count). The van der Waals surface area contributed by atoms with Crippen LogP contribution in [0.1, 0.15) is 37.5 Å². The summed E-state index contributed by atoms with van der Waals surface area (Å²) in [5.41, 5.74) is 9.39. The highest BCUT2D eigenvalue weighted by molar-refractivity contribution is 6.07. The van der Waals surface area contributed by atoms with E-state index in [0.717, 1.165) is 27.8 Å². The van der Waals surface area contributed by atoms with Gasteiger partial charge in [0.25, 0.3) is 0 Å². The molecule has 0 aliphatic carbocycles. The summed E-state index contributed by atoms with van der Waals surface area (Å²) in [7, 11) is 0. The van der Waals surface area contributed by atoms with Crippen molar-refractivity contribution in [2.45, 2.75) is 32.4 Å². The normalized spacial score (nSPS) is 12.0. The molecule has 0 amide bonds. The number of esters is 1. The van der Waals surface area contributed by atoms with E-state index in [1.54, 1.807) is 0 Å². The Morgan fingerprint density at radius 2 is 1.27 bits per heavy atom. The van der Waals surface area contributed by atoms with Gasteiger partial charge >= 0.3 is 5.97 Å². The second-order valence-corrected chi connectivity index (χ2v) is 8.46. The van der Waals surface area contributed by atoms with Crippen LogP contribution in [-0.2, 0) is 9.53 Å². The Balaban J connectivity index is 2.31. The van der Waals surface area contributed by atoms with Crippen LogP contribution >= 0.6 is 0 Å². The molecule has 0 spiro atoms. The van der Waals surface area contributed by atoms with E-state index in [-0.39, 0.29) is 6.67 Å². The number of ether oxygens (including phenoxy) is 1. The van der Waals surface area contributed by atoms with Crippen molar-refractivity contribution in [3.8, 4) is 0 Å². The number of hydrazine groups is 1. The van der Waals surface area contributed by atoms with Crippen LogP contribution < -0.4 is 10.9 Å². The molecule has 2 N–H and O–H groups in total. The Labute approximate surface area is 194 Å². The monoisotopic (exact) mass is 443 g/mol. The number of rotatable bonds is 9. The van der Waals surface area contributed by atoms with E-state index in [1.165, 1.54) is 0 Å². The fraction of sp³-hybridized carbons (Fsp3) is 0.222. The predicted octanol–water partition coefficient (Wildman–Crippen LogP) is 5.17. The molecule has 0 aliphatic heterocycles. The van der Waals surface area contributed by atoms with Gasteiger partial charge in [0.2, 0.25) is 0 Å². The quantitative estimate of drug-likeness (QED) is 0.157. The minimum Gasteiger partial charge on any atom is -0.459 e. The minimum atomic E-state index is -0.913. The molecule has 170 valence electrons. The van der Waals surface area contributed by atoms with Gasteiger partial charge in [0.15, 0.2) is 0 Å². The molecule has 0 saturated heterocycles. The Hall–Kier alpha value is -3.61. The van der Waals surface area contributed by atoms with Crippen molar-refractivity contribution in [3.05, 3.63) is 113 Å². The van der Waals surface area contributed by atoms with E-state index in [1.807, 2.05) is 112 Å². The van der Waals surface area contributed by atoms with Gasteiger partial charge in [-0.2, -0.15) is 0 Å². The summed E-state index contributed by atoms with van der Waals surface area (Å²) in [6, 6.07) is 28.6. The lowest BCUT2D eigenvalue weighted by Crippen LogP contribution is -2.48. The van der Waals surface area contributed by atoms with E-state index >= 15 is 0 Å². The van der Waals surface area contributed by atoms with Crippen LogP contribution in [0.5, 0.6) is 0 Å². The van der Waals surface area contributed by atoms with Crippen LogP contribution in [0.3, 0.4) is 0 Å². The zero-order valence-corrected chi connectivity index (χ0v) is 19.1. The van der Waals surface area contributed by atoms with E-state index in [2.05, 4.69) is 16.0 Å². The largest absolute Gasteiger partial charge is 0.459 e. The summed E-state index contributed by atoms with van der Waals surface area (Å²) in [6.45, 7) is 5.27. The number of nitrogens with zero attached hydrogens (tertiary/aromatic N) is 1. The van der Waals surface area contributed by atoms with Gasteiger partial charge in [-0.25, -0.2) is 15.6 Å². The first kappa shape index (κ1) is 24.0. The Morgan fingerprint density at radius 1 is 0.818 bits per heavy atom. The average molecular weight is 444 g/mol. The van der Waals surface area contributed by atoms with Crippen molar-refractivity contribution in [1.29, 1.82) is 0 Å². The first-order valence-corrected chi connectivity index (χ1v) is 10.8. The van der Waals surface area contributed by atoms with Gasteiger partial charge in [-0.15, -0.1) is 4.91 Å². The lowest BCUT2D eigenvalue weighted by Gasteiger charge is -2.28. The van der Waals surface area contributed by atoms with Crippen molar-refractivity contribution in [2.75, 3.05) is 6.67 Å². The van der Waals surface area contributed by atoms with Gasteiger partial charge in [-0.3, -0.25) is 0 Å². The zero-order chi connectivity index (χ0) is 23.7. The number of hydrogen-bond acceptors (Lipinski definition) is 6. The highest BCUT2D eigenvalue weighted by atomic mass is 16.6. The average Bonchev–Trinajstić information content (AvgIpc) is 2.81. The van der Waals surface area contributed by atoms with E-state index in [4.69, 9.17) is 4.74 Å². The molecule has 0 radical (unpaired) electrons. The Morgan fingerprint density at radius 3 is 1.70 bits per heavy atom. The molecular formula is C27H29N3O3. The molecule has 3 aromatic carbocycles. The number of carbonyl (C=O) groups is 1. The fourth-order valence-electron chi connectivity index (χ4n) is 3.55. The van der Waals surface area contributed by atoms with Crippen LogP contribution in [-0.4, -0.2) is 24.3 Å². The number of benzene rings is 3. The summed E-state index contributed by atoms with van der Waals surface area (Å²) >= 11 is 0. The van der Waals surface area contributed by atoms with Gasteiger partial charge in [0.05, 0.1) is 0 Å².